The van der Waals surface area contributed by atoms with Crippen molar-refractivity contribution in [2.24, 2.45) is 0 Å². The van der Waals surface area contributed by atoms with E-state index in [4.69, 9.17) is 0 Å². The second-order valence-electron chi connectivity index (χ2n) is 18.7. The van der Waals surface area contributed by atoms with Crippen LogP contribution >= 0.6 is 0 Å². The number of nitriles is 1. The Morgan fingerprint density at radius 3 is 0.792 bits per heavy atom. The number of rotatable bonds is 6. The van der Waals surface area contributed by atoms with Crippen LogP contribution in [-0.4, -0.2) is 18.3 Å². The van der Waals surface area contributed by atoms with Crippen LogP contribution in [0.25, 0.3) is 132 Å². The van der Waals surface area contributed by atoms with Gasteiger partial charge in [-0.15, -0.1) is 0 Å². The smallest absolute Gasteiger partial charge is 0.104 e. The average Bonchev–Trinajstić information content (AvgIpc) is 4.18. The Bertz CT molecular complexity index is 4300. The summed E-state index contributed by atoms with van der Waals surface area (Å²) in [5.41, 5.74) is 16.4. The summed E-state index contributed by atoms with van der Waals surface area (Å²) in [5, 5.41) is 21.7. The molecule has 0 N–H and O–H groups in total. The molecule has 15 aromatic rings. The summed E-state index contributed by atoms with van der Waals surface area (Å²) in [6.45, 7) is 0. The van der Waals surface area contributed by atoms with Crippen molar-refractivity contribution < 1.29 is 0 Å². The predicted octanol–water partition coefficient (Wildman–Crippen LogP) is 17.3. The van der Waals surface area contributed by atoms with Gasteiger partial charge in [0.15, 0.2) is 0 Å². The zero-order valence-corrected chi connectivity index (χ0v) is 38.9. The monoisotopic (exact) mass is 915 g/mol. The van der Waals surface area contributed by atoms with Crippen molar-refractivity contribution in [3.63, 3.8) is 0 Å². The zero-order chi connectivity index (χ0) is 47.4. The lowest BCUT2D eigenvalue weighted by atomic mass is 9.91. The maximum Gasteiger partial charge on any atom is 0.104 e. The van der Waals surface area contributed by atoms with Crippen molar-refractivity contribution in [1.82, 2.24) is 18.3 Å². The van der Waals surface area contributed by atoms with Crippen LogP contribution in [-0.2, 0) is 0 Å². The van der Waals surface area contributed by atoms with E-state index in [2.05, 4.69) is 273 Å². The van der Waals surface area contributed by atoms with Gasteiger partial charge in [-0.1, -0.05) is 194 Å². The highest BCUT2D eigenvalue weighted by atomic mass is 15.1. The fourth-order valence-electron chi connectivity index (χ4n) is 12.1. The molecule has 5 heteroatoms. The van der Waals surface area contributed by atoms with Gasteiger partial charge in [0.25, 0.3) is 0 Å². The molecule has 334 valence electrons. The number of hydrogen-bond acceptors (Lipinski definition) is 1. The molecule has 0 fully saturated rings. The van der Waals surface area contributed by atoms with E-state index in [0.29, 0.717) is 5.56 Å². The molecule has 11 aromatic carbocycles. The van der Waals surface area contributed by atoms with Gasteiger partial charge < -0.3 is 18.3 Å². The minimum absolute atomic E-state index is 0.546. The average molecular weight is 916 g/mol. The van der Waals surface area contributed by atoms with E-state index in [1.165, 1.54) is 0 Å². The first-order chi connectivity index (χ1) is 35.8. The van der Waals surface area contributed by atoms with Crippen LogP contribution in [0.4, 0.5) is 0 Å². The molecule has 4 heterocycles. The molecule has 5 nitrogen and oxygen atoms in total. The SMILES string of the molecule is N#Cc1c(-n2c3ccccc3c3ccccc32)c(-n2c3ccccc3c3ccccc32)c(-c2cccc(-c3ccccc3)c2)c(-n2c3ccccc3c3ccccc32)c1-n1c2ccccc2c2ccccc21. The highest BCUT2D eigenvalue weighted by Gasteiger charge is 2.35. The molecule has 72 heavy (non-hydrogen) atoms. The van der Waals surface area contributed by atoms with Crippen LogP contribution in [0.5, 0.6) is 0 Å². The Hall–Kier alpha value is -9.89. The standard InChI is InChI=1S/C67H41N5/c68-42-54-64(69-55-33-12-4-25-46(55)47-26-5-13-34-56(47)69)66(71-59-37-16-8-29-50(59)51-30-9-17-38-60(51)71)63(45-24-20-23-44(41-45)43-21-2-1-3-22-43)67(72-61-39-18-10-31-52(61)53-32-11-19-40-62(53)72)65(54)70-57-35-14-6-27-48(57)49-28-7-15-36-58(49)70/h1-41H. The van der Waals surface area contributed by atoms with E-state index in [9.17, 15) is 5.26 Å². The van der Waals surface area contributed by atoms with Gasteiger partial charge in [0.05, 0.1) is 66.9 Å². The fraction of sp³-hybridized carbons (Fsp3) is 0. The number of para-hydroxylation sites is 8. The summed E-state index contributed by atoms with van der Waals surface area (Å²) in [5.74, 6) is 0. The molecule has 0 unspecified atom stereocenters. The second-order valence-corrected chi connectivity index (χ2v) is 18.7. The third kappa shape index (κ3) is 5.57. The van der Waals surface area contributed by atoms with E-state index >= 15 is 0 Å². The normalized spacial score (nSPS) is 11.9. The van der Waals surface area contributed by atoms with Crippen molar-refractivity contribution in [1.29, 1.82) is 5.26 Å². The summed E-state index contributed by atoms with van der Waals surface area (Å²) in [7, 11) is 0. The number of fused-ring (bicyclic) bond motifs is 12. The number of benzene rings is 11. The maximum absolute atomic E-state index is 12.7. The van der Waals surface area contributed by atoms with Crippen LogP contribution in [0.2, 0.25) is 0 Å². The molecular weight excluding hydrogens is 875 g/mol. The van der Waals surface area contributed by atoms with Crippen molar-refractivity contribution >= 4 is 87.2 Å². The minimum Gasteiger partial charge on any atom is -0.306 e. The largest absolute Gasteiger partial charge is 0.306 e. The van der Waals surface area contributed by atoms with E-state index in [-0.39, 0.29) is 0 Å². The molecule has 0 radical (unpaired) electrons. The quantitative estimate of drug-likeness (QED) is 0.164. The zero-order valence-electron chi connectivity index (χ0n) is 38.9. The predicted molar refractivity (Wildman–Crippen MR) is 299 cm³/mol. The van der Waals surface area contributed by atoms with E-state index < -0.39 is 0 Å². The fourth-order valence-corrected chi connectivity index (χ4v) is 12.1. The molecule has 15 rings (SSSR count). The van der Waals surface area contributed by atoms with Crippen molar-refractivity contribution in [3.8, 4) is 51.1 Å². The highest BCUT2D eigenvalue weighted by Crippen LogP contribution is 2.52. The Morgan fingerprint density at radius 2 is 0.486 bits per heavy atom. The third-order valence-corrected chi connectivity index (χ3v) is 15.0. The third-order valence-electron chi connectivity index (χ3n) is 15.0. The summed E-state index contributed by atoms with van der Waals surface area (Å²) in [4.78, 5) is 0. The van der Waals surface area contributed by atoms with Gasteiger partial charge in [0.2, 0.25) is 0 Å². The molecule has 0 aliphatic rings. The van der Waals surface area contributed by atoms with Gasteiger partial charge in [0.1, 0.15) is 11.6 Å². The Morgan fingerprint density at radius 1 is 0.236 bits per heavy atom. The van der Waals surface area contributed by atoms with Crippen LogP contribution in [0.1, 0.15) is 5.56 Å². The van der Waals surface area contributed by atoms with Crippen LogP contribution < -0.4 is 0 Å². The van der Waals surface area contributed by atoms with Crippen molar-refractivity contribution in [3.05, 3.63) is 254 Å². The van der Waals surface area contributed by atoms with Crippen molar-refractivity contribution in [2.75, 3.05) is 0 Å². The Labute approximate surface area is 414 Å². The van der Waals surface area contributed by atoms with Crippen molar-refractivity contribution in [2.45, 2.75) is 0 Å². The van der Waals surface area contributed by atoms with Gasteiger partial charge >= 0.3 is 0 Å². The Balaban J connectivity index is 1.31. The van der Waals surface area contributed by atoms with E-state index in [1.54, 1.807) is 0 Å². The van der Waals surface area contributed by atoms with Crippen LogP contribution in [0.3, 0.4) is 0 Å². The topological polar surface area (TPSA) is 43.5 Å². The lowest BCUT2D eigenvalue weighted by Crippen LogP contribution is -2.16. The first-order valence-corrected chi connectivity index (χ1v) is 24.5. The van der Waals surface area contributed by atoms with E-state index in [1.807, 2.05) is 0 Å². The van der Waals surface area contributed by atoms with Gasteiger partial charge in [0, 0.05) is 48.7 Å². The van der Waals surface area contributed by atoms with E-state index in [0.717, 1.165) is 132 Å². The van der Waals surface area contributed by atoms with Gasteiger partial charge in [-0.2, -0.15) is 5.26 Å². The molecule has 0 spiro atoms. The lowest BCUT2D eigenvalue weighted by Gasteiger charge is -2.29. The molecule has 0 saturated heterocycles. The van der Waals surface area contributed by atoms with Gasteiger partial charge in [-0.25, -0.2) is 0 Å². The molecule has 0 bridgehead atoms. The number of hydrogen-bond donors (Lipinski definition) is 0. The molecule has 0 atom stereocenters. The van der Waals surface area contributed by atoms with Crippen LogP contribution in [0.15, 0.2) is 249 Å². The number of aromatic nitrogens is 4. The molecule has 0 amide bonds. The molecule has 0 aliphatic carbocycles. The second kappa shape index (κ2) is 15.6. The Kier molecular flexibility index (Phi) is 8.66. The summed E-state index contributed by atoms with van der Waals surface area (Å²) in [6, 6.07) is 92.4. The maximum atomic E-state index is 12.7. The molecule has 0 saturated carbocycles. The van der Waals surface area contributed by atoms with Crippen LogP contribution in [0, 0.1) is 11.3 Å². The first-order valence-electron chi connectivity index (χ1n) is 24.5. The first kappa shape index (κ1) is 40.0. The van der Waals surface area contributed by atoms with Gasteiger partial charge in [-0.05, 0) is 71.3 Å². The van der Waals surface area contributed by atoms with Gasteiger partial charge in [-0.3, -0.25) is 0 Å². The molecule has 4 aromatic heterocycles. The lowest BCUT2D eigenvalue weighted by molar-refractivity contribution is 1.04. The molecular formula is C67H41N5. The molecule has 0 aliphatic heterocycles. The summed E-state index contributed by atoms with van der Waals surface area (Å²) in [6.07, 6.45) is 0. The minimum atomic E-state index is 0.546. The number of nitrogens with zero attached hydrogens (tertiary/aromatic N) is 5. The highest BCUT2D eigenvalue weighted by molar-refractivity contribution is 6.17. The summed E-state index contributed by atoms with van der Waals surface area (Å²) < 4.78 is 9.70. The summed E-state index contributed by atoms with van der Waals surface area (Å²) >= 11 is 0.